The van der Waals surface area contributed by atoms with Gasteiger partial charge >= 0.3 is 0 Å². The summed E-state index contributed by atoms with van der Waals surface area (Å²) in [5.74, 6) is 0.841. The van der Waals surface area contributed by atoms with Crippen LogP contribution in [0.25, 0.3) is 16.5 Å². The van der Waals surface area contributed by atoms with Gasteiger partial charge in [-0.1, -0.05) is 24.8 Å². The highest BCUT2D eigenvalue weighted by Gasteiger charge is 2.02. The van der Waals surface area contributed by atoms with Crippen molar-refractivity contribution in [3.8, 4) is 5.75 Å². The standard InChI is InChI=1S/C18H17NO2/c1-13(11-20)15-4-2-3-14(9-15)12-21-17-5-6-18-16(10-17)7-8-19-18/h2-10,19-20H,1,11-12H2. The molecule has 0 spiro atoms. The summed E-state index contributed by atoms with van der Waals surface area (Å²) in [7, 11) is 0. The van der Waals surface area contributed by atoms with Gasteiger partial charge in [0.1, 0.15) is 12.4 Å². The number of aliphatic hydroxyl groups is 1. The monoisotopic (exact) mass is 279 g/mol. The lowest BCUT2D eigenvalue weighted by molar-refractivity contribution is 0.306. The molecule has 0 aliphatic rings. The van der Waals surface area contributed by atoms with E-state index in [9.17, 15) is 0 Å². The molecule has 3 aromatic rings. The van der Waals surface area contributed by atoms with Crippen LogP contribution in [-0.4, -0.2) is 16.7 Å². The third-order valence-electron chi connectivity index (χ3n) is 3.46. The summed E-state index contributed by atoms with van der Waals surface area (Å²) in [5.41, 5.74) is 3.81. The second kappa shape index (κ2) is 5.85. The average molecular weight is 279 g/mol. The van der Waals surface area contributed by atoms with E-state index < -0.39 is 0 Å². The van der Waals surface area contributed by atoms with E-state index in [4.69, 9.17) is 9.84 Å². The van der Waals surface area contributed by atoms with Gasteiger partial charge < -0.3 is 14.8 Å². The van der Waals surface area contributed by atoms with E-state index in [0.29, 0.717) is 12.2 Å². The van der Waals surface area contributed by atoms with Crippen LogP contribution in [0.4, 0.5) is 0 Å². The van der Waals surface area contributed by atoms with Gasteiger partial charge in [0.05, 0.1) is 6.61 Å². The molecule has 21 heavy (non-hydrogen) atoms. The van der Waals surface area contributed by atoms with Crippen LogP contribution in [0.2, 0.25) is 0 Å². The van der Waals surface area contributed by atoms with Crippen LogP contribution in [0.5, 0.6) is 5.75 Å². The minimum atomic E-state index is -0.0333. The molecule has 0 amide bonds. The maximum absolute atomic E-state index is 9.13. The first-order valence-corrected chi connectivity index (χ1v) is 6.84. The van der Waals surface area contributed by atoms with Crippen molar-refractivity contribution in [3.05, 3.63) is 72.4 Å². The molecular formula is C18H17NO2. The summed E-state index contributed by atoms with van der Waals surface area (Å²) in [6.45, 7) is 4.29. The molecule has 0 saturated carbocycles. The van der Waals surface area contributed by atoms with Crippen LogP contribution in [0.15, 0.2) is 61.3 Å². The molecule has 0 radical (unpaired) electrons. The fourth-order valence-electron chi connectivity index (χ4n) is 2.26. The second-order valence-electron chi connectivity index (χ2n) is 4.98. The first kappa shape index (κ1) is 13.5. The number of nitrogens with one attached hydrogen (secondary N) is 1. The molecule has 3 nitrogen and oxygen atoms in total. The molecule has 1 aromatic heterocycles. The summed E-state index contributed by atoms with van der Waals surface area (Å²) >= 11 is 0. The quantitative estimate of drug-likeness (QED) is 0.747. The number of aromatic nitrogens is 1. The first-order chi connectivity index (χ1) is 10.3. The van der Waals surface area contributed by atoms with Crippen LogP contribution in [0.1, 0.15) is 11.1 Å². The minimum absolute atomic E-state index is 0.0333. The van der Waals surface area contributed by atoms with Gasteiger partial charge in [0.15, 0.2) is 0 Å². The molecule has 2 N–H and O–H groups in total. The van der Waals surface area contributed by atoms with Gasteiger partial charge in [-0.25, -0.2) is 0 Å². The van der Waals surface area contributed by atoms with Crippen LogP contribution < -0.4 is 4.74 Å². The van der Waals surface area contributed by atoms with E-state index in [-0.39, 0.29) is 6.61 Å². The summed E-state index contributed by atoms with van der Waals surface area (Å²) in [6.07, 6.45) is 1.92. The molecule has 3 heteroatoms. The van der Waals surface area contributed by atoms with Gasteiger partial charge in [-0.3, -0.25) is 0 Å². The van der Waals surface area contributed by atoms with Gasteiger partial charge in [-0.05, 0) is 47.0 Å². The predicted molar refractivity (Wildman–Crippen MR) is 85.2 cm³/mol. The van der Waals surface area contributed by atoms with Crippen LogP contribution in [0.3, 0.4) is 0 Å². The third-order valence-corrected chi connectivity index (χ3v) is 3.46. The van der Waals surface area contributed by atoms with Crippen molar-refractivity contribution in [1.29, 1.82) is 0 Å². The molecule has 106 valence electrons. The number of hydrogen-bond donors (Lipinski definition) is 2. The van der Waals surface area contributed by atoms with Crippen molar-refractivity contribution >= 4 is 16.5 Å². The number of H-pyrrole nitrogens is 1. The molecule has 0 fully saturated rings. The Bertz CT molecular complexity index is 773. The third kappa shape index (κ3) is 2.98. The van der Waals surface area contributed by atoms with E-state index in [1.165, 1.54) is 0 Å². The van der Waals surface area contributed by atoms with Crippen molar-refractivity contribution in [2.45, 2.75) is 6.61 Å². The van der Waals surface area contributed by atoms with E-state index >= 15 is 0 Å². The zero-order chi connectivity index (χ0) is 14.7. The van der Waals surface area contributed by atoms with Gasteiger partial charge in [0, 0.05) is 17.1 Å². The van der Waals surface area contributed by atoms with Gasteiger partial charge in [0.25, 0.3) is 0 Å². The van der Waals surface area contributed by atoms with E-state index in [2.05, 4.69) is 11.6 Å². The van der Waals surface area contributed by atoms with Gasteiger partial charge in [-0.15, -0.1) is 0 Å². The lowest BCUT2D eigenvalue weighted by Gasteiger charge is -2.09. The van der Waals surface area contributed by atoms with Crippen molar-refractivity contribution in [2.24, 2.45) is 0 Å². The number of aliphatic hydroxyl groups excluding tert-OH is 1. The number of benzene rings is 2. The summed E-state index contributed by atoms with van der Waals surface area (Å²) in [5, 5.41) is 10.3. The highest BCUT2D eigenvalue weighted by atomic mass is 16.5. The second-order valence-corrected chi connectivity index (χ2v) is 4.98. The maximum Gasteiger partial charge on any atom is 0.120 e. The van der Waals surface area contributed by atoms with E-state index in [1.54, 1.807) is 0 Å². The number of fused-ring (bicyclic) bond motifs is 1. The molecule has 0 aliphatic carbocycles. The average Bonchev–Trinajstić information content (AvgIpc) is 3.00. The molecule has 0 unspecified atom stereocenters. The van der Waals surface area contributed by atoms with Gasteiger partial charge in [-0.2, -0.15) is 0 Å². The number of aromatic amines is 1. The van der Waals surface area contributed by atoms with Gasteiger partial charge in [0.2, 0.25) is 0 Å². The Morgan fingerprint density at radius 3 is 2.90 bits per heavy atom. The predicted octanol–water partition coefficient (Wildman–Crippen LogP) is 3.75. The van der Waals surface area contributed by atoms with Crippen molar-refractivity contribution < 1.29 is 9.84 Å². The fourth-order valence-corrected chi connectivity index (χ4v) is 2.26. The Kier molecular flexibility index (Phi) is 3.75. The highest BCUT2D eigenvalue weighted by molar-refractivity contribution is 5.80. The zero-order valence-electron chi connectivity index (χ0n) is 11.7. The Morgan fingerprint density at radius 2 is 2.05 bits per heavy atom. The van der Waals surface area contributed by atoms with Crippen LogP contribution in [0, 0.1) is 0 Å². The number of hydrogen-bond acceptors (Lipinski definition) is 2. The van der Waals surface area contributed by atoms with Crippen molar-refractivity contribution in [3.63, 3.8) is 0 Å². The molecule has 0 atom stereocenters. The van der Waals surface area contributed by atoms with Crippen molar-refractivity contribution in [2.75, 3.05) is 6.61 Å². The lowest BCUT2D eigenvalue weighted by Crippen LogP contribution is -1.97. The molecule has 1 heterocycles. The van der Waals surface area contributed by atoms with E-state index in [0.717, 1.165) is 27.8 Å². The molecular weight excluding hydrogens is 262 g/mol. The minimum Gasteiger partial charge on any atom is -0.489 e. The molecule has 0 aliphatic heterocycles. The Morgan fingerprint density at radius 1 is 1.14 bits per heavy atom. The molecule has 0 bridgehead atoms. The lowest BCUT2D eigenvalue weighted by atomic mass is 10.1. The highest BCUT2D eigenvalue weighted by Crippen LogP contribution is 2.21. The Balaban J connectivity index is 1.73. The summed E-state index contributed by atoms with van der Waals surface area (Å²) < 4.78 is 5.83. The largest absolute Gasteiger partial charge is 0.489 e. The number of ether oxygens (including phenoxy) is 1. The summed E-state index contributed by atoms with van der Waals surface area (Å²) in [4.78, 5) is 3.16. The Hall–Kier alpha value is -2.52. The SMILES string of the molecule is C=C(CO)c1cccc(COc2ccc3[nH]ccc3c2)c1. The fraction of sp³-hybridized carbons (Fsp3) is 0.111. The molecule has 3 rings (SSSR count). The summed E-state index contributed by atoms with van der Waals surface area (Å²) in [6, 6.07) is 15.9. The zero-order valence-corrected chi connectivity index (χ0v) is 11.7. The van der Waals surface area contributed by atoms with Crippen LogP contribution >= 0.6 is 0 Å². The topological polar surface area (TPSA) is 45.2 Å². The van der Waals surface area contributed by atoms with Crippen LogP contribution in [-0.2, 0) is 6.61 Å². The normalized spacial score (nSPS) is 10.7. The molecule has 2 aromatic carbocycles. The smallest absolute Gasteiger partial charge is 0.120 e. The Labute approximate surface area is 123 Å². The molecule has 0 saturated heterocycles. The first-order valence-electron chi connectivity index (χ1n) is 6.84. The van der Waals surface area contributed by atoms with E-state index in [1.807, 2.05) is 54.7 Å². The number of rotatable bonds is 5. The van der Waals surface area contributed by atoms with Crippen molar-refractivity contribution in [1.82, 2.24) is 4.98 Å². The maximum atomic E-state index is 9.13.